The summed E-state index contributed by atoms with van der Waals surface area (Å²) in [5.41, 5.74) is 0. The highest BCUT2D eigenvalue weighted by atomic mass is 16.4. The van der Waals surface area contributed by atoms with Crippen LogP contribution in [0.25, 0.3) is 0 Å². The molecule has 0 aliphatic heterocycles. The van der Waals surface area contributed by atoms with Crippen molar-refractivity contribution < 1.29 is 14.7 Å². The van der Waals surface area contributed by atoms with E-state index in [1.165, 1.54) is 4.90 Å². The lowest BCUT2D eigenvalue weighted by Gasteiger charge is -2.28. The van der Waals surface area contributed by atoms with E-state index in [-0.39, 0.29) is 18.5 Å². The summed E-state index contributed by atoms with van der Waals surface area (Å²) < 4.78 is 0. The van der Waals surface area contributed by atoms with Gasteiger partial charge in [-0.15, -0.1) is 0 Å². The van der Waals surface area contributed by atoms with Gasteiger partial charge in [-0.1, -0.05) is 13.8 Å². The predicted molar refractivity (Wildman–Crippen MR) is 70.6 cm³/mol. The quantitative estimate of drug-likeness (QED) is 0.629. The molecule has 2 amide bonds. The van der Waals surface area contributed by atoms with Crippen LogP contribution in [0, 0.1) is 5.92 Å². The molecule has 106 valence electrons. The molecule has 0 aliphatic carbocycles. The molecule has 0 radical (unpaired) electrons. The third kappa shape index (κ3) is 7.11. The maximum absolute atomic E-state index is 12.1. The second kappa shape index (κ2) is 8.74. The topological polar surface area (TPSA) is 72.9 Å². The average Bonchev–Trinajstić information content (AvgIpc) is 2.26. The fourth-order valence-electron chi connectivity index (χ4n) is 1.64. The van der Waals surface area contributed by atoms with Crippen molar-refractivity contribution in [1.82, 2.24) is 15.1 Å². The van der Waals surface area contributed by atoms with Gasteiger partial charge < -0.3 is 20.2 Å². The van der Waals surface area contributed by atoms with E-state index in [0.717, 1.165) is 13.0 Å². The normalized spacial score (nSPS) is 10.5. The van der Waals surface area contributed by atoms with Gasteiger partial charge in [0.2, 0.25) is 0 Å². The number of urea groups is 1. The van der Waals surface area contributed by atoms with E-state index < -0.39 is 5.97 Å². The number of aliphatic carboxylic acids is 1. The fourth-order valence-corrected chi connectivity index (χ4v) is 1.64. The first-order valence-electron chi connectivity index (χ1n) is 6.25. The lowest BCUT2D eigenvalue weighted by atomic mass is 10.2. The van der Waals surface area contributed by atoms with Crippen molar-refractivity contribution in [3.8, 4) is 0 Å². The number of rotatable bonds is 8. The Hall–Kier alpha value is -1.30. The third-order valence-corrected chi connectivity index (χ3v) is 2.43. The van der Waals surface area contributed by atoms with Crippen molar-refractivity contribution >= 4 is 12.0 Å². The molecular weight excluding hydrogens is 234 g/mol. The zero-order chi connectivity index (χ0) is 14.1. The summed E-state index contributed by atoms with van der Waals surface area (Å²) in [4.78, 5) is 25.8. The molecule has 0 unspecified atom stereocenters. The number of hydrogen-bond acceptors (Lipinski definition) is 3. The standard InChI is InChI=1S/C12H25N3O3/c1-10(2)8-15(9-11(16)17)12(18)14(4)7-5-6-13-3/h10,13H,5-9H2,1-4H3,(H,16,17). The molecule has 0 rings (SSSR count). The Balaban J connectivity index is 4.38. The van der Waals surface area contributed by atoms with E-state index in [0.29, 0.717) is 13.1 Å². The number of nitrogens with zero attached hydrogens (tertiary/aromatic N) is 2. The van der Waals surface area contributed by atoms with Crippen LogP contribution in [0.4, 0.5) is 4.79 Å². The summed E-state index contributed by atoms with van der Waals surface area (Å²) in [5, 5.41) is 11.8. The van der Waals surface area contributed by atoms with Crippen molar-refractivity contribution in [2.24, 2.45) is 5.92 Å². The maximum atomic E-state index is 12.1. The van der Waals surface area contributed by atoms with Crippen LogP contribution in [-0.2, 0) is 4.79 Å². The van der Waals surface area contributed by atoms with Crippen LogP contribution in [0.2, 0.25) is 0 Å². The SMILES string of the molecule is CNCCCN(C)C(=O)N(CC(=O)O)CC(C)C. The smallest absolute Gasteiger partial charge is 0.323 e. The third-order valence-electron chi connectivity index (χ3n) is 2.43. The van der Waals surface area contributed by atoms with Crippen molar-refractivity contribution in [2.45, 2.75) is 20.3 Å². The number of amides is 2. The van der Waals surface area contributed by atoms with Gasteiger partial charge >= 0.3 is 12.0 Å². The molecule has 0 aromatic rings. The Kier molecular flexibility index (Phi) is 8.11. The number of hydrogen-bond donors (Lipinski definition) is 2. The fraction of sp³-hybridized carbons (Fsp3) is 0.833. The van der Waals surface area contributed by atoms with Gasteiger partial charge in [0.1, 0.15) is 6.54 Å². The van der Waals surface area contributed by atoms with Crippen LogP contribution in [0.1, 0.15) is 20.3 Å². The first-order valence-corrected chi connectivity index (χ1v) is 6.25. The van der Waals surface area contributed by atoms with Gasteiger partial charge in [-0.3, -0.25) is 4.79 Å². The minimum Gasteiger partial charge on any atom is -0.480 e. The Labute approximate surface area is 109 Å². The Bertz CT molecular complexity index is 269. The zero-order valence-corrected chi connectivity index (χ0v) is 11.8. The van der Waals surface area contributed by atoms with Crippen LogP contribution in [-0.4, -0.2) is 67.2 Å². The summed E-state index contributed by atoms with van der Waals surface area (Å²) in [5.74, 6) is -0.730. The first kappa shape index (κ1) is 16.7. The summed E-state index contributed by atoms with van der Waals surface area (Å²) in [6, 6.07) is -0.220. The largest absolute Gasteiger partial charge is 0.480 e. The van der Waals surface area contributed by atoms with E-state index >= 15 is 0 Å². The minimum atomic E-state index is -0.979. The van der Waals surface area contributed by atoms with Crippen molar-refractivity contribution in [1.29, 1.82) is 0 Å². The molecule has 0 heterocycles. The zero-order valence-electron chi connectivity index (χ0n) is 11.8. The molecule has 0 aromatic heterocycles. The lowest BCUT2D eigenvalue weighted by molar-refractivity contribution is -0.137. The van der Waals surface area contributed by atoms with E-state index in [1.54, 1.807) is 11.9 Å². The number of carbonyl (C=O) groups is 2. The Morgan fingerprint density at radius 3 is 2.39 bits per heavy atom. The van der Waals surface area contributed by atoms with Crippen LogP contribution in [0.15, 0.2) is 0 Å². The van der Waals surface area contributed by atoms with Gasteiger partial charge in [0.25, 0.3) is 0 Å². The van der Waals surface area contributed by atoms with Crippen LogP contribution in [0.3, 0.4) is 0 Å². The maximum Gasteiger partial charge on any atom is 0.323 e. The Morgan fingerprint density at radius 2 is 1.94 bits per heavy atom. The monoisotopic (exact) mass is 259 g/mol. The second-order valence-electron chi connectivity index (χ2n) is 4.83. The molecule has 0 fully saturated rings. The van der Waals surface area contributed by atoms with E-state index in [9.17, 15) is 9.59 Å². The number of carbonyl (C=O) groups excluding carboxylic acids is 1. The first-order chi connectivity index (χ1) is 8.38. The van der Waals surface area contributed by atoms with Gasteiger partial charge in [0.05, 0.1) is 0 Å². The summed E-state index contributed by atoms with van der Waals surface area (Å²) in [7, 11) is 3.56. The summed E-state index contributed by atoms with van der Waals surface area (Å²) in [6.07, 6.45) is 0.849. The van der Waals surface area contributed by atoms with Gasteiger partial charge in [0.15, 0.2) is 0 Å². The molecule has 0 saturated heterocycles. The van der Waals surface area contributed by atoms with Crippen molar-refractivity contribution in [2.75, 3.05) is 40.3 Å². The van der Waals surface area contributed by atoms with Crippen molar-refractivity contribution in [3.05, 3.63) is 0 Å². The summed E-state index contributed by atoms with van der Waals surface area (Å²) >= 11 is 0. The number of nitrogens with one attached hydrogen (secondary N) is 1. The van der Waals surface area contributed by atoms with Gasteiger partial charge in [-0.05, 0) is 25.9 Å². The van der Waals surface area contributed by atoms with Gasteiger partial charge in [-0.25, -0.2) is 4.79 Å². The van der Waals surface area contributed by atoms with Crippen molar-refractivity contribution in [3.63, 3.8) is 0 Å². The van der Waals surface area contributed by atoms with Gasteiger partial charge in [0, 0.05) is 20.1 Å². The molecule has 0 spiro atoms. The average molecular weight is 259 g/mol. The van der Waals surface area contributed by atoms with Crippen LogP contribution in [0.5, 0.6) is 0 Å². The molecule has 0 bridgehead atoms. The van der Waals surface area contributed by atoms with E-state index in [4.69, 9.17) is 5.11 Å². The molecule has 0 saturated carbocycles. The molecule has 18 heavy (non-hydrogen) atoms. The number of carboxylic acid groups (broad SMARTS) is 1. The highest BCUT2D eigenvalue weighted by Crippen LogP contribution is 2.03. The molecule has 6 nitrogen and oxygen atoms in total. The van der Waals surface area contributed by atoms with Gasteiger partial charge in [-0.2, -0.15) is 0 Å². The lowest BCUT2D eigenvalue weighted by Crippen LogP contribution is -2.45. The minimum absolute atomic E-state index is 0.220. The Morgan fingerprint density at radius 1 is 1.33 bits per heavy atom. The predicted octanol–water partition coefficient (Wildman–Crippen LogP) is 0.690. The molecule has 0 atom stereocenters. The number of carboxylic acids is 1. The molecule has 0 aliphatic rings. The molecule has 0 aromatic carbocycles. The highest BCUT2D eigenvalue weighted by molar-refractivity contribution is 5.80. The second-order valence-corrected chi connectivity index (χ2v) is 4.83. The van der Waals surface area contributed by atoms with E-state index in [2.05, 4.69) is 5.32 Å². The van der Waals surface area contributed by atoms with E-state index in [1.807, 2.05) is 20.9 Å². The highest BCUT2D eigenvalue weighted by Gasteiger charge is 2.20. The molecule has 2 N–H and O–H groups in total. The summed E-state index contributed by atoms with van der Waals surface area (Å²) in [6.45, 7) is 5.59. The molecule has 6 heteroatoms. The van der Waals surface area contributed by atoms with Crippen LogP contribution < -0.4 is 5.32 Å². The molecular formula is C12H25N3O3. The van der Waals surface area contributed by atoms with Crippen LogP contribution >= 0.6 is 0 Å².